The van der Waals surface area contributed by atoms with E-state index < -0.39 is 0 Å². The fourth-order valence-corrected chi connectivity index (χ4v) is 5.13. The first-order chi connectivity index (χ1) is 13.5. The van der Waals surface area contributed by atoms with Crippen LogP contribution in [0, 0.1) is 12.8 Å². The Hall–Kier alpha value is -1.40. The molecule has 0 radical (unpaired) electrons. The number of anilines is 1. The first-order valence-corrected chi connectivity index (χ1v) is 11.5. The Balaban J connectivity index is 0.00000136. The second-order valence-electron chi connectivity index (χ2n) is 7.64. The summed E-state index contributed by atoms with van der Waals surface area (Å²) in [6.45, 7) is 7.95. The van der Waals surface area contributed by atoms with Crippen molar-refractivity contribution in [2.24, 2.45) is 5.92 Å². The van der Waals surface area contributed by atoms with Crippen LogP contribution in [0.15, 0.2) is 6.07 Å². The third-order valence-corrected chi connectivity index (χ3v) is 6.73. The van der Waals surface area contributed by atoms with Crippen LogP contribution in [0.5, 0.6) is 0 Å². The van der Waals surface area contributed by atoms with Gasteiger partial charge in [0.25, 0.3) is 0 Å². The molecule has 28 heavy (non-hydrogen) atoms. The molecule has 0 N–H and O–H groups in total. The number of likely N-dealkylation sites (tertiary alicyclic amines) is 1. The molecule has 1 saturated heterocycles. The number of rotatable bonds is 4. The number of hydrogen-bond acceptors (Lipinski definition) is 5. The van der Waals surface area contributed by atoms with Crippen LogP contribution in [0.4, 0.5) is 5.69 Å². The molecule has 5 nitrogen and oxygen atoms in total. The lowest BCUT2D eigenvalue weighted by molar-refractivity contribution is -0.124. The summed E-state index contributed by atoms with van der Waals surface area (Å²) in [6, 6.07) is 2.16. The molecule has 1 aliphatic heterocycles. The Morgan fingerprint density at radius 1 is 1.11 bits per heavy atom. The van der Waals surface area contributed by atoms with E-state index in [0.29, 0.717) is 4.88 Å². The van der Waals surface area contributed by atoms with Crippen molar-refractivity contribution in [3.05, 3.63) is 15.8 Å². The molecule has 1 saturated carbocycles. The Bertz CT molecular complexity index is 644. The number of carbonyl (C=O) groups is 2. The van der Waals surface area contributed by atoms with E-state index in [4.69, 9.17) is 4.74 Å². The maximum atomic E-state index is 13.5. The van der Waals surface area contributed by atoms with Crippen LogP contribution in [-0.4, -0.2) is 50.1 Å². The second kappa shape index (κ2) is 11.0. The smallest absolute Gasteiger partial charge is 0.350 e. The highest BCUT2D eigenvalue weighted by atomic mass is 32.1. The lowest BCUT2D eigenvalue weighted by atomic mass is 9.87. The molecule has 0 atom stereocenters. The van der Waals surface area contributed by atoms with Crippen LogP contribution in [0.25, 0.3) is 0 Å². The van der Waals surface area contributed by atoms with Gasteiger partial charge in [0, 0.05) is 16.8 Å². The van der Waals surface area contributed by atoms with Crippen molar-refractivity contribution in [3.8, 4) is 0 Å². The molecule has 0 spiro atoms. The predicted octanol–water partition coefficient (Wildman–Crippen LogP) is 4.88. The van der Waals surface area contributed by atoms with E-state index >= 15 is 0 Å². The van der Waals surface area contributed by atoms with E-state index in [0.717, 1.165) is 62.2 Å². The van der Waals surface area contributed by atoms with E-state index in [1.165, 1.54) is 24.9 Å². The number of aryl methyl sites for hydroxylation is 1. The summed E-state index contributed by atoms with van der Waals surface area (Å²) < 4.78 is 5.00. The molecule has 1 aliphatic carbocycles. The third-order valence-electron chi connectivity index (χ3n) is 5.71. The van der Waals surface area contributed by atoms with E-state index in [1.54, 1.807) is 0 Å². The fraction of sp³-hybridized carbons (Fsp3) is 0.727. The van der Waals surface area contributed by atoms with Crippen molar-refractivity contribution in [2.45, 2.75) is 71.8 Å². The van der Waals surface area contributed by atoms with Crippen LogP contribution in [0.2, 0.25) is 0 Å². The Morgan fingerprint density at radius 2 is 1.71 bits per heavy atom. The van der Waals surface area contributed by atoms with Crippen molar-refractivity contribution in [3.63, 3.8) is 0 Å². The Morgan fingerprint density at radius 3 is 2.29 bits per heavy atom. The molecular formula is C22H36N2O3S. The number of esters is 1. The minimum atomic E-state index is -0.340. The van der Waals surface area contributed by atoms with Crippen LogP contribution < -0.4 is 4.90 Å². The van der Waals surface area contributed by atoms with Gasteiger partial charge in [-0.1, -0.05) is 33.1 Å². The van der Waals surface area contributed by atoms with Gasteiger partial charge in [0.05, 0.1) is 12.8 Å². The van der Waals surface area contributed by atoms with Crippen LogP contribution in [0.1, 0.15) is 73.3 Å². The number of hydrogen-bond donors (Lipinski definition) is 0. The highest BCUT2D eigenvalue weighted by Gasteiger charge is 2.36. The molecule has 2 aliphatic rings. The fourth-order valence-electron chi connectivity index (χ4n) is 4.21. The average molecular weight is 409 g/mol. The monoisotopic (exact) mass is 408 g/mol. The number of thiophene rings is 1. The molecule has 3 rings (SSSR count). The minimum absolute atomic E-state index is 0.0918. The third kappa shape index (κ3) is 5.35. The van der Waals surface area contributed by atoms with Crippen LogP contribution in [0.3, 0.4) is 0 Å². The normalized spacial score (nSPS) is 18.9. The molecular weight excluding hydrogens is 372 g/mol. The standard InChI is InChI=1S/C20H30N2O3S.C2H6/c1-14-13-17(18(26-14)20(24)25-3)22(16-9-11-21(2)12-10-16)19(23)15-7-5-4-6-8-15;1-2/h13,15-16H,4-12H2,1-3H3;1-2H3. The molecule has 158 valence electrons. The van der Waals surface area contributed by atoms with Gasteiger partial charge in [-0.25, -0.2) is 4.79 Å². The van der Waals surface area contributed by atoms with E-state index in [2.05, 4.69) is 11.9 Å². The molecule has 1 aromatic rings. The molecule has 0 unspecified atom stereocenters. The highest BCUT2D eigenvalue weighted by molar-refractivity contribution is 7.14. The molecule has 2 fully saturated rings. The summed E-state index contributed by atoms with van der Waals surface area (Å²) in [4.78, 5) is 31.7. The molecule has 1 aromatic heterocycles. The summed E-state index contributed by atoms with van der Waals surface area (Å²) in [6.07, 6.45) is 7.32. The summed E-state index contributed by atoms with van der Waals surface area (Å²) >= 11 is 1.43. The van der Waals surface area contributed by atoms with Gasteiger partial charge in [-0.2, -0.15) is 0 Å². The Kier molecular flexibility index (Phi) is 8.96. The number of carbonyl (C=O) groups excluding carboxylic acids is 2. The number of piperidine rings is 1. The highest BCUT2D eigenvalue weighted by Crippen LogP contribution is 2.37. The number of nitrogens with zero attached hydrogens (tertiary/aromatic N) is 2. The van der Waals surface area contributed by atoms with Crippen molar-refractivity contribution in [1.29, 1.82) is 0 Å². The molecule has 2 heterocycles. The van der Waals surface area contributed by atoms with Crippen molar-refractivity contribution >= 4 is 28.9 Å². The number of methoxy groups -OCH3 is 1. The molecule has 0 aromatic carbocycles. The predicted molar refractivity (Wildman–Crippen MR) is 116 cm³/mol. The van der Waals surface area contributed by atoms with Gasteiger partial charge in [0.15, 0.2) is 0 Å². The van der Waals surface area contributed by atoms with Gasteiger partial charge < -0.3 is 14.5 Å². The van der Waals surface area contributed by atoms with Crippen molar-refractivity contribution in [2.75, 3.05) is 32.1 Å². The van der Waals surface area contributed by atoms with Crippen molar-refractivity contribution < 1.29 is 14.3 Å². The molecule has 6 heteroatoms. The van der Waals surface area contributed by atoms with Crippen LogP contribution in [-0.2, 0) is 9.53 Å². The zero-order valence-electron chi connectivity index (χ0n) is 18.1. The lowest BCUT2D eigenvalue weighted by Gasteiger charge is -2.39. The molecule has 0 bridgehead atoms. The lowest BCUT2D eigenvalue weighted by Crippen LogP contribution is -2.49. The van der Waals surface area contributed by atoms with Gasteiger partial charge in [-0.05, 0) is 58.8 Å². The maximum Gasteiger partial charge on any atom is 0.350 e. The summed E-state index contributed by atoms with van der Waals surface area (Å²) in [5, 5.41) is 0. The van der Waals surface area contributed by atoms with E-state index in [9.17, 15) is 9.59 Å². The van der Waals surface area contributed by atoms with Gasteiger partial charge in [0.1, 0.15) is 4.88 Å². The minimum Gasteiger partial charge on any atom is -0.465 e. The van der Waals surface area contributed by atoms with Crippen LogP contribution >= 0.6 is 11.3 Å². The molecule has 1 amide bonds. The quantitative estimate of drug-likeness (QED) is 0.667. The van der Waals surface area contributed by atoms with Gasteiger partial charge in [0.2, 0.25) is 5.91 Å². The topological polar surface area (TPSA) is 49.9 Å². The summed E-state index contributed by atoms with van der Waals surface area (Å²) in [5.41, 5.74) is 0.768. The first-order valence-electron chi connectivity index (χ1n) is 10.7. The zero-order chi connectivity index (χ0) is 20.7. The van der Waals surface area contributed by atoms with Gasteiger partial charge >= 0.3 is 5.97 Å². The van der Waals surface area contributed by atoms with Crippen molar-refractivity contribution in [1.82, 2.24) is 4.90 Å². The zero-order valence-corrected chi connectivity index (χ0v) is 18.9. The Labute approximate surface area is 174 Å². The summed E-state index contributed by atoms with van der Waals surface area (Å²) in [7, 11) is 3.53. The largest absolute Gasteiger partial charge is 0.465 e. The SMILES string of the molecule is CC.COC(=O)c1sc(C)cc1N(C(=O)C1CCCCC1)C1CCN(C)CC1. The first kappa shape index (κ1) is 22.9. The maximum absolute atomic E-state index is 13.5. The summed E-state index contributed by atoms with van der Waals surface area (Å²) in [5.74, 6) is -0.0382. The van der Waals surface area contributed by atoms with E-state index in [1.807, 2.05) is 31.7 Å². The van der Waals surface area contributed by atoms with Gasteiger partial charge in [-0.15, -0.1) is 11.3 Å². The number of ether oxygens (including phenoxy) is 1. The average Bonchev–Trinajstić information content (AvgIpc) is 3.12. The second-order valence-corrected chi connectivity index (χ2v) is 8.90. The van der Waals surface area contributed by atoms with Gasteiger partial charge in [-0.3, -0.25) is 4.79 Å². The van der Waals surface area contributed by atoms with E-state index in [-0.39, 0.29) is 23.8 Å². The number of amides is 1.